The molecule has 3 N–H and O–H groups in total. The van der Waals surface area contributed by atoms with E-state index in [0.29, 0.717) is 12.8 Å². The summed E-state index contributed by atoms with van der Waals surface area (Å²) < 4.78 is 33.0. The van der Waals surface area contributed by atoms with Gasteiger partial charge >= 0.3 is 19.8 Å². The molecule has 0 saturated carbocycles. The quantitative estimate of drug-likeness (QED) is 0.0264. The second-order valence-corrected chi connectivity index (χ2v) is 20.3. The lowest BCUT2D eigenvalue weighted by molar-refractivity contribution is -0.161. The lowest BCUT2D eigenvalue weighted by Crippen LogP contribution is -2.29. The van der Waals surface area contributed by atoms with E-state index in [0.717, 1.165) is 32.1 Å². The smallest absolute Gasteiger partial charge is 0.462 e. The molecule has 0 rings (SSSR count). The number of allylic oxidation sites excluding steroid dienone is 4. The maximum Gasteiger partial charge on any atom is 0.472 e. The molecule has 0 aliphatic heterocycles. The van der Waals surface area contributed by atoms with Gasteiger partial charge in [-0.1, -0.05) is 237 Å². The molecule has 0 aliphatic rings. The van der Waals surface area contributed by atoms with Crippen LogP contribution in [0, 0.1) is 0 Å². The Hall–Kier alpha value is -1.51. The van der Waals surface area contributed by atoms with Gasteiger partial charge in [0.1, 0.15) is 6.61 Å². The van der Waals surface area contributed by atoms with E-state index in [4.69, 9.17) is 24.3 Å². The Morgan fingerprint density at radius 1 is 0.446 bits per heavy atom. The average molecular weight is 940 g/mol. The van der Waals surface area contributed by atoms with Gasteiger partial charge in [0.05, 0.1) is 13.2 Å². The largest absolute Gasteiger partial charge is 0.472 e. The van der Waals surface area contributed by atoms with Crippen molar-refractivity contribution in [3.05, 3.63) is 24.3 Å². The lowest BCUT2D eigenvalue weighted by Gasteiger charge is -2.19. The SMILES string of the molecule is CCCCCCCC/C=C/CCCCCCCCCCCCCC(=O)O[C@H](COC(=O)CCC/C=C/CCCCCCCCCCCCCCCCCCCC)COP(=O)(O)OCCN. The van der Waals surface area contributed by atoms with Gasteiger partial charge in [-0.05, 0) is 57.8 Å². The van der Waals surface area contributed by atoms with Gasteiger partial charge < -0.3 is 20.1 Å². The van der Waals surface area contributed by atoms with E-state index in [1.165, 1.54) is 212 Å². The third-order valence-electron chi connectivity index (χ3n) is 12.3. The molecular weight excluding hydrogens is 834 g/mol. The van der Waals surface area contributed by atoms with Crippen molar-refractivity contribution < 1.29 is 37.6 Å². The number of carbonyl (C=O) groups is 2. The molecule has 0 bridgehead atoms. The number of phosphoric acid groups is 1. The molecule has 0 aromatic carbocycles. The van der Waals surface area contributed by atoms with Crippen molar-refractivity contribution in [1.29, 1.82) is 0 Å². The normalized spacial score (nSPS) is 13.2. The number of carbonyl (C=O) groups excluding carboxylic acids is 2. The Labute approximate surface area is 402 Å². The first kappa shape index (κ1) is 63.5. The van der Waals surface area contributed by atoms with Crippen LogP contribution in [0.25, 0.3) is 0 Å². The second kappa shape index (κ2) is 51.9. The van der Waals surface area contributed by atoms with Crippen LogP contribution in [0.1, 0.15) is 284 Å². The molecule has 0 radical (unpaired) electrons. The Balaban J connectivity index is 4.00. The molecule has 65 heavy (non-hydrogen) atoms. The highest BCUT2D eigenvalue weighted by Gasteiger charge is 2.26. The van der Waals surface area contributed by atoms with E-state index in [1.807, 2.05) is 0 Å². The predicted octanol–water partition coefficient (Wildman–Crippen LogP) is 17.1. The summed E-state index contributed by atoms with van der Waals surface area (Å²) in [5.41, 5.74) is 5.37. The molecule has 10 heteroatoms. The Kier molecular flexibility index (Phi) is 50.7. The fraction of sp³-hybridized carbons (Fsp3) is 0.891. The van der Waals surface area contributed by atoms with Gasteiger partial charge in [0.2, 0.25) is 0 Å². The van der Waals surface area contributed by atoms with Gasteiger partial charge in [0.15, 0.2) is 6.10 Å². The van der Waals surface area contributed by atoms with E-state index in [2.05, 4.69) is 38.2 Å². The van der Waals surface area contributed by atoms with Gasteiger partial charge in [0, 0.05) is 19.4 Å². The van der Waals surface area contributed by atoms with Crippen LogP contribution in [0.5, 0.6) is 0 Å². The number of esters is 2. The van der Waals surface area contributed by atoms with Crippen molar-refractivity contribution in [2.45, 2.75) is 290 Å². The van der Waals surface area contributed by atoms with Crippen LogP contribution in [0.4, 0.5) is 0 Å². The number of unbranched alkanes of at least 4 members (excludes halogenated alkanes) is 36. The number of ether oxygens (including phenoxy) is 2. The first-order chi connectivity index (χ1) is 31.8. The average Bonchev–Trinajstić information content (AvgIpc) is 3.30. The molecule has 0 heterocycles. The zero-order valence-electron chi connectivity index (χ0n) is 42.7. The van der Waals surface area contributed by atoms with Crippen LogP contribution in [-0.4, -0.2) is 49.3 Å². The van der Waals surface area contributed by atoms with Crippen LogP contribution < -0.4 is 5.73 Å². The van der Waals surface area contributed by atoms with Crippen molar-refractivity contribution in [1.82, 2.24) is 0 Å². The third-order valence-corrected chi connectivity index (χ3v) is 13.3. The molecule has 1 unspecified atom stereocenters. The minimum atomic E-state index is -4.39. The highest BCUT2D eigenvalue weighted by molar-refractivity contribution is 7.47. The summed E-state index contributed by atoms with van der Waals surface area (Å²) in [6.45, 7) is 3.76. The monoisotopic (exact) mass is 940 g/mol. The topological polar surface area (TPSA) is 134 Å². The minimum absolute atomic E-state index is 0.0520. The van der Waals surface area contributed by atoms with E-state index in [9.17, 15) is 19.0 Å². The third kappa shape index (κ3) is 51.7. The van der Waals surface area contributed by atoms with E-state index in [1.54, 1.807) is 0 Å². The van der Waals surface area contributed by atoms with Gasteiger partial charge in [-0.15, -0.1) is 0 Å². The summed E-state index contributed by atoms with van der Waals surface area (Å²) in [7, 11) is -4.39. The molecule has 2 atom stereocenters. The minimum Gasteiger partial charge on any atom is -0.462 e. The number of nitrogens with two attached hydrogens (primary N) is 1. The predicted molar refractivity (Wildman–Crippen MR) is 275 cm³/mol. The van der Waals surface area contributed by atoms with Crippen molar-refractivity contribution in [2.24, 2.45) is 5.73 Å². The molecule has 0 aromatic heterocycles. The van der Waals surface area contributed by atoms with Crippen molar-refractivity contribution in [3.8, 4) is 0 Å². The van der Waals surface area contributed by atoms with Crippen LogP contribution in [0.15, 0.2) is 24.3 Å². The maximum atomic E-state index is 12.7. The molecule has 0 aliphatic carbocycles. The zero-order chi connectivity index (χ0) is 47.4. The first-order valence-electron chi connectivity index (χ1n) is 27.8. The molecule has 384 valence electrons. The van der Waals surface area contributed by atoms with Crippen molar-refractivity contribution in [3.63, 3.8) is 0 Å². The standard InChI is InChI=1S/C55H106NO8P/c1-3-5-7-9-11-13-15-17-19-21-23-25-26-28-29-31-33-35-37-39-41-43-45-47-54(57)61-51-53(52-63-65(59,60)62-50-49-56)64-55(58)48-46-44-42-40-38-36-34-32-30-27-24-22-20-18-16-14-12-10-8-6-4-2/h18,20,39,41,53H,3-17,19,21-38,40,42-52,56H2,1-2H3,(H,59,60)/b20-18+,41-39+/t53-/m1/s1. The number of hydrogen-bond acceptors (Lipinski definition) is 8. The summed E-state index contributed by atoms with van der Waals surface area (Å²) in [6.07, 6.45) is 59.5. The van der Waals surface area contributed by atoms with Gasteiger partial charge in [-0.3, -0.25) is 18.6 Å². The number of phosphoric ester groups is 1. The number of rotatable bonds is 53. The highest BCUT2D eigenvalue weighted by Crippen LogP contribution is 2.43. The summed E-state index contributed by atoms with van der Waals surface area (Å²) in [6, 6.07) is 0. The highest BCUT2D eigenvalue weighted by atomic mass is 31.2. The molecule has 0 aromatic rings. The molecule has 0 saturated heterocycles. The Morgan fingerprint density at radius 3 is 1.14 bits per heavy atom. The summed E-state index contributed by atoms with van der Waals surface area (Å²) >= 11 is 0. The Bertz CT molecular complexity index is 1120. The molecule has 0 amide bonds. The van der Waals surface area contributed by atoms with E-state index >= 15 is 0 Å². The molecular formula is C55H106NO8P. The fourth-order valence-electron chi connectivity index (χ4n) is 8.17. The summed E-state index contributed by atoms with van der Waals surface area (Å²) in [4.78, 5) is 35.1. The van der Waals surface area contributed by atoms with Gasteiger partial charge in [-0.2, -0.15) is 0 Å². The zero-order valence-corrected chi connectivity index (χ0v) is 43.6. The summed E-state index contributed by atoms with van der Waals surface area (Å²) in [5.74, 6) is -0.852. The van der Waals surface area contributed by atoms with Crippen LogP contribution in [0.2, 0.25) is 0 Å². The number of hydrogen-bond donors (Lipinski definition) is 2. The van der Waals surface area contributed by atoms with E-state index in [-0.39, 0.29) is 32.6 Å². The second-order valence-electron chi connectivity index (χ2n) is 18.8. The Morgan fingerprint density at radius 2 is 0.769 bits per heavy atom. The van der Waals surface area contributed by atoms with Gasteiger partial charge in [0.25, 0.3) is 0 Å². The fourth-order valence-corrected chi connectivity index (χ4v) is 8.93. The first-order valence-corrected chi connectivity index (χ1v) is 29.3. The maximum absolute atomic E-state index is 12.7. The molecule has 0 spiro atoms. The summed E-state index contributed by atoms with van der Waals surface area (Å²) in [5, 5.41) is 0. The lowest BCUT2D eigenvalue weighted by atomic mass is 10.0. The molecule has 9 nitrogen and oxygen atoms in total. The van der Waals surface area contributed by atoms with Crippen molar-refractivity contribution in [2.75, 3.05) is 26.4 Å². The van der Waals surface area contributed by atoms with Crippen LogP contribution >= 0.6 is 7.82 Å². The van der Waals surface area contributed by atoms with Gasteiger partial charge in [-0.25, -0.2) is 4.57 Å². The van der Waals surface area contributed by atoms with Crippen LogP contribution in [-0.2, 0) is 32.7 Å². The van der Waals surface area contributed by atoms with E-state index < -0.39 is 32.5 Å². The van der Waals surface area contributed by atoms with Crippen LogP contribution in [0.3, 0.4) is 0 Å². The van der Waals surface area contributed by atoms with Crippen molar-refractivity contribution >= 4 is 19.8 Å². The molecule has 0 fully saturated rings.